The number of pyridine rings is 1. The third kappa shape index (κ3) is 5.08. The minimum absolute atomic E-state index is 0.0438. The topological polar surface area (TPSA) is 71.5 Å². The van der Waals surface area contributed by atoms with Crippen molar-refractivity contribution in [1.82, 2.24) is 10.3 Å². The minimum atomic E-state index is -4.43. The summed E-state index contributed by atoms with van der Waals surface area (Å²) in [5.74, 6) is -0.388. The van der Waals surface area contributed by atoms with Gasteiger partial charge in [-0.1, -0.05) is 12.1 Å². The number of ether oxygens (including phenoxy) is 1. The van der Waals surface area contributed by atoms with Gasteiger partial charge in [0.05, 0.1) is 23.5 Å². The fraction of sp³-hybridized carbons (Fsp3) is 0.381. The molecule has 160 valence electrons. The molecule has 0 saturated heterocycles. The highest BCUT2D eigenvalue weighted by Crippen LogP contribution is 2.31. The van der Waals surface area contributed by atoms with Crippen LogP contribution in [0.2, 0.25) is 0 Å². The average Bonchev–Trinajstić information content (AvgIpc) is 2.63. The zero-order valence-corrected chi connectivity index (χ0v) is 16.8. The summed E-state index contributed by atoms with van der Waals surface area (Å²) < 4.78 is 43.6. The SMILES string of the molecule is CC(C)(C)OC(=O)NC1Cc2ncccc2N(Cc2ccc(C(F)(F)F)cc2)C1=O. The van der Waals surface area contributed by atoms with Gasteiger partial charge in [-0.3, -0.25) is 9.78 Å². The first-order valence-electron chi connectivity index (χ1n) is 9.35. The Morgan fingerprint density at radius 3 is 2.47 bits per heavy atom. The Balaban J connectivity index is 1.83. The molecule has 0 radical (unpaired) electrons. The Morgan fingerprint density at radius 1 is 1.20 bits per heavy atom. The molecule has 30 heavy (non-hydrogen) atoms. The minimum Gasteiger partial charge on any atom is -0.444 e. The van der Waals surface area contributed by atoms with E-state index in [-0.39, 0.29) is 18.9 Å². The lowest BCUT2D eigenvalue weighted by atomic mass is 10.0. The van der Waals surface area contributed by atoms with Crippen molar-refractivity contribution in [2.24, 2.45) is 0 Å². The molecule has 1 aliphatic heterocycles. The Bertz CT molecular complexity index is 937. The van der Waals surface area contributed by atoms with Gasteiger partial charge in [-0.15, -0.1) is 0 Å². The lowest BCUT2D eigenvalue weighted by Crippen LogP contribution is -2.53. The molecule has 0 aliphatic carbocycles. The van der Waals surface area contributed by atoms with Gasteiger partial charge in [-0.2, -0.15) is 13.2 Å². The highest BCUT2D eigenvalue weighted by Gasteiger charge is 2.36. The van der Waals surface area contributed by atoms with Crippen molar-refractivity contribution in [2.75, 3.05) is 4.90 Å². The van der Waals surface area contributed by atoms with Gasteiger partial charge in [0.15, 0.2) is 0 Å². The van der Waals surface area contributed by atoms with Gasteiger partial charge in [0.25, 0.3) is 0 Å². The summed E-state index contributed by atoms with van der Waals surface area (Å²) in [5, 5.41) is 2.57. The van der Waals surface area contributed by atoms with Crippen molar-refractivity contribution in [3.8, 4) is 0 Å². The maximum absolute atomic E-state index is 13.1. The van der Waals surface area contributed by atoms with Crippen LogP contribution in [-0.2, 0) is 28.7 Å². The Hall–Kier alpha value is -3.10. The van der Waals surface area contributed by atoms with E-state index in [2.05, 4.69) is 10.3 Å². The maximum atomic E-state index is 13.1. The van der Waals surface area contributed by atoms with Crippen molar-refractivity contribution in [3.63, 3.8) is 0 Å². The van der Waals surface area contributed by atoms with E-state index in [1.807, 2.05) is 0 Å². The molecule has 1 aliphatic rings. The summed E-state index contributed by atoms with van der Waals surface area (Å²) in [6, 6.07) is 7.11. The maximum Gasteiger partial charge on any atom is 0.416 e. The van der Waals surface area contributed by atoms with E-state index in [1.54, 1.807) is 39.1 Å². The summed E-state index contributed by atoms with van der Waals surface area (Å²) >= 11 is 0. The van der Waals surface area contributed by atoms with E-state index >= 15 is 0 Å². The molecule has 2 amide bonds. The monoisotopic (exact) mass is 421 g/mol. The van der Waals surface area contributed by atoms with E-state index in [9.17, 15) is 22.8 Å². The lowest BCUT2D eigenvalue weighted by Gasteiger charge is -2.34. The van der Waals surface area contributed by atoms with Crippen LogP contribution in [0.1, 0.15) is 37.6 Å². The lowest BCUT2D eigenvalue weighted by molar-refractivity contribution is -0.137. The highest BCUT2D eigenvalue weighted by atomic mass is 19.4. The quantitative estimate of drug-likeness (QED) is 0.811. The largest absolute Gasteiger partial charge is 0.444 e. The number of nitrogens with one attached hydrogen (secondary N) is 1. The molecule has 2 aromatic rings. The summed E-state index contributed by atoms with van der Waals surface area (Å²) in [4.78, 5) is 30.9. The number of amides is 2. The first-order valence-corrected chi connectivity index (χ1v) is 9.35. The van der Waals surface area contributed by atoms with Crippen molar-refractivity contribution in [3.05, 3.63) is 59.4 Å². The summed E-state index contributed by atoms with van der Waals surface area (Å²) in [7, 11) is 0. The van der Waals surface area contributed by atoms with Crippen LogP contribution in [0.15, 0.2) is 42.6 Å². The van der Waals surface area contributed by atoms with Crippen LogP contribution in [0, 0.1) is 0 Å². The molecule has 0 spiro atoms. The molecular formula is C21H22F3N3O3. The third-order valence-corrected chi connectivity index (χ3v) is 4.43. The molecule has 1 aromatic heterocycles. The number of carbonyl (C=O) groups excluding carboxylic acids is 2. The predicted molar refractivity (Wildman–Crippen MR) is 104 cm³/mol. The number of halogens is 3. The highest BCUT2D eigenvalue weighted by molar-refractivity contribution is 6.01. The number of carbonyl (C=O) groups is 2. The van der Waals surface area contributed by atoms with Crippen LogP contribution >= 0.6 is 0 Å². The zero-order valence-electron chi connectivity index (χ0n) is 16.8. The second-order valence-corrected chi connectivity index (χ2v) is 7.99. The van der Waals surface area contributed by atoms with Gasteiger partial charge in [0.2, 0.25) is 5.91 Å². The number of hydrogen-bond donors (Lipinski definition) is 1. The van der Waals surface area contributed by atoms with Gasteiger partial charge in [0, 0.05) is 12.6 Å². The standard InChI is InChI=1S/C21H22F3N3O3/c1-20(2,3)30-19(29)26-16-11-15-17(5-4-10-25-15)27(18(16)28)12-13-6-8-14(9-7-13)21(22,23)24/h4-10,16H,11-12H2,1-3H3,(H,26,29). The van der Waals surface area contributed by atoms with Crippen LogP contribution in [0.25, 0.3) is 0 Å². The Labute approximate surface area is 172 Å². The van der Waals surface area contributed by atoms with Gasteiger partial charge in [-0.05, 0) is 50.6 Å². The van der Waals surface area contributed by atoms with Crippen LogP contribution in [0.4, 0.5) is 23.7 Å². The first-order chi connectivity index (χ1) is 13.9. The van der Waals surface area contributed by atoms with Crippen LogP contribution in [0.5, 0.6) is 0 Å². The van der Waals surface area contributed by atoms with Crippen molar-refractivity contribution >= 4 is 17.7 Å². The van der Waals surface area contributed by atoms with E-state index in [4.69, 9.17) is 4.74 Å². The smallest absolute Gasteiger partial charge is 0.416 e. The van der Waals surface area contributed by atoms with Gasteiger partial charge < -0.3 is 15.0 Å². The third-order valence-electron chi connectivity index (χ3n) is 4.43. The Kier molecular flexibility index (Phi) is 5.74. The van der Waals surface area contributed by atoms with Gasteiger partial charge >= 0.3 is 12.3 Å². The normalized spacial score (nSPS) is 16.8. The van der Waals surface area contributed by atoms with Crippen molar-refractivity contribution < 1.29 is 27.5 Å². The second-order valence-electron chi connectivity index (χ2n) is 7.99. The number of anilines is 1. The van der Waals surface area contributed by atoms with E-state index in [1.165, 1.54) is 17.0 Å². The Morgan fingerprint density at radius 2 is 1.87 bits per heavy atom. The summed E-state index contributed by atoms with van der Waals surface area (Å²) in [6.07, 6.45) is -3.39. The average molecular weight is 421 g/mol. The van der Waals surface area contributed by atoms with Crippen LogP contribution in [0.3, 0.4) is 0 Å². The molecule has 0 fully saturated rings. The molecule has 1 aromatic carbocycles. The molecule has 2 heterocycles. The number of hydrogen-bond acceptors (Lipinski definition) is 4. The molecule has 0 bridgehead atoms. The fourth-order valence-corrected chi connectivity index (χ4v) is 3.13. The van der Waals surface area contributed by atoms with Crippen LogP contribution in [-0.4, -0.2) is 28.6 Å². The number of aromatic nitrogens is 1. The van der Waals surface area contributed by atoms with Gasteiger partial charge in [0.1, 0.15) is 11.6 Å². The van der Waals surface area contributed by atoms with Crippen LogP contribution < -0.4 is 10.2 Å². The number of fused-ring (bicyclic) bond motifs is 1. The fourth-order valence-electron chi connectivity index (χ4n) is 3.13. The van der Waals surface area contributed by atoms with Crippen molar-refractivity contribution in [1.29, 1.82) is 0 Å². The number of rotatable bonds is 3. The van der Waals surface area contributed by atoms with Crippen molar-refractivity contribution in [2.45, 2.75) is 51.6 Å². The number of nitrogens with zero attached hydrogens (tertiary/aromatic N) is 2. The predicted octanol–water partition coefficient (Wildman–Crippen LogP) is 4.08. The second kappa shape index (κ2) is 7.97. The van der Waals surface area contributed by atoms with E-state index < -0.39 is 29.5 Å². The number of alkyl carbamates (subject to hydrolysis) is 1. The molecule has 6 nitrogen and oxygen atoms in total. The summed E-state index contributed by atoms with van der Waals surface area (Å²) in [5.41, 5.74) is 0.194. The van der Waals surface area contributed by atoms with Gasteiger partial charge in [-0.25, -0.2) is 4.79 Å². The summed E-state index contributed by atoms with van der Waals surface area (Å²) in [6.45, 7) is 5.18. The molecule has 0 saturated carbocycles. The molecule has 9 heteroatoms. The molecule has 3 rings (SSSR count). The molecular weight excluding hydrogens is 399 g/mol. The molecule has 1 N–H and O–H groups in total. The van der Waals surface area contributed by atoms with E-state index in [0.29, 0.717) is 16.9 Å². The van der Waals surface area contributed by atoms with E-state index in [0.717, 1.165) is 12.1 Å². The molecule has 1 atom stereocenters. The number of alkyl halides is 3. The zero-order chi connectivity index (χ0) is 22.1. The number of benzene rings is 1. The molecule has 1 unspecified atom stereocenters. The first kappa shape index (κ1) is 21.6.